The van der Waals surface area contributed by atoms with Crippen molar-refractivity contribution in [2.24, 2.45) is 0 Å². The van der Waals surface area contributed by atoms with E-state index in [1.807, 2.05) is 6.07 Å². The van der Waals surface area contributed by atoms with Gasteiger partial charge in [-0.2, -0.15) is 5.26 Å². The van der Waals surface area contributed by atoms with Gasteiger partial charge in [0.25, 0.3) is 0 Å². The molecule has 1 aromatic carbocycles. The van der Waals surface area contributed by atoms with Crippen molar-refractivity contribution in [1.29, 1.82) is 5.26 Å². The zero-order valence-electron chi connectivity index (χ0n) is 11.0. The third kappa shape index (κ3) is 2.50. The number of aliphatic hydroxyl groups excluding tert-OH is 1. The molecule has 0 radical (unpaired) electrons. The fourth-order valence-corrected chi connectivity index (χ4v) is 2.67. The average Bonchev–Trinajstić information content (AvgIpc) is 2.47. The van der Waals surface area contributed by atoms with Gasteiger partial charge in [-0.1, -0.05) is 23.7 Å². The van der Waals surface area contributed by atoms with Gasteiger partial charge in [0.05, 0.1) is 24.2 Å². The second-order valence-corrected chi connectivity index (χ2v) is 5.23. The Morgan fingerprint density at radius 2 is 2.30 bits per heavy atom. The minimum atomic E-state index is -0.860. The molecule has 1 atom stereocenters. The molecule has 1 aliphatic carbocycles. The number of carbonyl (C=O) groups is 1. The zero-order valence-corrected chi connectivity index (χ0v) is 11.8. The standard InChI is InChI=1S/C15H14ClNO3/c1-20-14(19)12-8-15(9-17,6-5-13(12)18)10-3-2-4-11(16)7-10/h2-4,7,18H,5-6,8H2,1H3. The zero-order chi connectivity index (χ0) is 14.8. The van der Waals surface area contributed by atoms with Crippen molar-refractivity contribution in [3.63, 3.8) is 0 Å². The van der Waals surface area contributed by atoms with E-state index >= 15 is 0 Å². The number of methoxy groups -OCH3 is 1. The molecule has 0 saturated heterocycles. The van der Waals surface area contributed by atoms with Crippen molar-refractivity contribution in [2.45, 2.75) is 24.7 Å². The topological polar surface area (TPSA) is 70.3 Å². The highest BCUT2D eigenvalue weighted by atomic mass is 35.5. The van der Waals surface area contributed by atoms with Crippen LogP contribution in [0.3, 0.4) is 0 Å². The third-order valence-electron chi connectivity index (χ3n) is 3.64. The Morgan fingerprint density at radius 3 is 2.90 bits per heavy atom. The maximum atomic E-state index is 11.7. The van der Waals surface area contributed by atoms with Crippen molar-refractivity contribution in [2.75, 3.05) is 7.11 Å². The number of aliphatic hydroxyl groups is 1. The van der Waals surface area contributed by atoms with Gasteiger partial charge < -0.3 is 9.84 Å². The third-order valence-corrected chi connectivity index (χ3v) is 3.87. The largest absolute Gasteiger partial charge is 0.512 e. The monoisotopic (exact) mass is 291 g/mol. The van der Waals surface area contributed by atoms with Crippen LogP contribution in [-0.4, -0.2) is 18.2 Å². The molecule has 2 rings (SSSR count). The molecule has 0 amide bonds. The second-order valence-electron chi connectivity index (χ2n) is 4.80. The Kier molecular flexibility index (Phi) is 4.01. The van der Waals surface area contributed by atoms with E-state index in [4.69, 9.17) is 11.6 Å². The lowest BCUT2D eigenvalue weighted by molar-refractivity contribution is -0.136. The lowest BCUT2D eigenvalue weighted by Gasteiger charge is -2.31. The summed E-state index contributed by atoms with van der Waals surface area (Å²) in [6, 6.07) is 9.32. The van der Waals surface area contributed by atoms with Crippen LogP contribution in [0.2, 0.25) is 5.02 Å². The Balaban J connectivity index is 2.45. The smallest absolute Gasteiger partial charge is 0.337 e. The quantitative estimate of drug-likeness (QED) is 0.849. The van der Waals surface area contributed by atoms with Crippen LogP contribution in [0, 0.1) is 11.3 Å². The van der Waals surface area contributed by atoms with Crippen molar-refractivity contribution < 1.29 is 14.6 Å². The Hall–Kier alpha value is -1.99. The van der Waals surface area contributed by atoms with Gasteiger partial charge in [-0.15, -0.1) is 0 Å². The molecule has 1 N–H and O–H groups in total. The maximum absolute atomic E-state index is 11.7. The van der Waals surface area contributed by atoms with E-state index in [2.05, 4.69) is 10.8 Å². The molecule has 0 fully saturated rings. The SMILES string of the molecule is COC(=O)C1=C(O)CCC(C#N)(c2cccc(Cl)c2)C1. The van der Waals surface area contributed by atoms with E-state index in [1.165, 1.54) is 7.11 Å². The molecule has 0 heterocycles. The molecule has 1 unspecified atom stereocenters. The predicted octanol–water partition coefficient (Wildman–Crippen LogP) is 3.27. The summed E-state index contributed by atoms with van der Waals surface area (Å²) in [5.41, 5.74) is 0.0578. The maximum Gasteiger partial charge on any atom is 0.337 e. The first kappa shape index (κ1) is 14.4. The van der Waals surface area contributed by atoms with Crippen molar-refractivity contribution in [1.82, 2.24) is 0 Å². The van der Waals surface area contributed by atoms with E-state index in [-0.39, 0.29) is 24.2 Å². The van der Waals surface area contributed by atoms with Crippen LogP contribution in [0.5, 0.6) is 0 Å². The molecule has 0 bridgehead atoms. The number of esters is 1. The minimum Gasteiger partial charge on any atom is -0.512 e. The Bertz CT molecular complexity index is 618. The molecule has 0 saturated carbocycles. The number of halogens is 1. The number of ether oxygens (including phenoxy) is 1. The highest BCUT2D eigenvalue weighted by Gasteiger charge is 2.40. The number of benzene rings is 1. The molecule has 5 heteroatoms. The van der Waals surface area contributed by atoms with Gasteiger partial charge in [-0.05, 0) is 24.1 Å². The molecular weight excluding hydrogens is 278 g/mol. The van der Waals surface area contributed by atoms with Crippen LogP contribution in [-0.2, 0) is 14.9 Å². The molecule has 104 valence electrons. The molecule has 1 aliphatic rings. The Labute approximate surface area is 122 Å². The number of hydrogen-bond donors (Lipinski definition) is 1. The van der Waals surface area contributed by atoms with Crippen LogP contribution >= 0.6 is 11.6 Å². The number of carbonyl (C=O) groups excluding carboxylic acids is 1. The fraction of sp³-hybridized carbons (Fsp3) is 0.333. The number of nitriles is 1. The van der Waals surface area contributed by atoms with Crippen molar-refractivity contribution in [3.8, 4) is 6.07 Å². The van der Waals surface area contributed by atoms with Crippen LogP contribution in [0.1, 0.15) is 24.8 Å². The lowest BCUT2D eigenvalue weighted by Crippen LogP contribution is -2.31. The normalized spacial score (nSPS) is 22.2. The summed E-state index contributed by atoms with van der Waals surface area (Å²) in [5.74, 6) is -0.589. The Morgan fingerprint density at radius 1 is 1.55 bits per heavy atom. The van der Waals surface area contributed by atoms with E-state index in [9.17, 15) is 15.2 Å². The molecule has 0 aliphatic heterocycles. The molecule has 0 spiro atoms. The molecule has 20 heavy (non-hydrogen) atoms. The first-order valence-electron chi connectivity index (χ1n) is 6.19. The number of allylic oxidation sites excluding steroid dienone is 1. The van der Waals surface area contributed by atoms with Gasteiger partial charge in [0.15, 0.2) is 0 Å². The van der Waals surface area contributed by atoms with E-state index < -0.39 is 11.4 Å². The average molecular weight is 292 g/mol. The van der Waals surface area contributed by atoms with E-state index in [0.717, 1.165) is 5.56 Å². The summed E-state index contributed by atoms with van der Waals surface area (Å²) in [6.07, 6.45) is 0.836. The fourth-order valence-electron chi connectivity index (χ4n) is 2.48. The first-order valence-corrected chi connectivity index (χ1v) is 6.57. The van der Waals surface area contributed by atoms with Crippen LogP contribution in [0.25, 0.3) is 0 Å². The van der Waals surface area contributed by atoms with E-state index in [0.29, 0.717) is 11.4 Å². The summed E-state index contributed by atoms with van der Waals surface area (Å²) < 4.78 is 4.67. The summed E-state index contributed by atoms with van der Waals surface area (Å²) in [6.45, 7) is 0. The van der Waals surface area contributed by atoms with Gasteiger partial charge in [0.2, 0.25) is 0 Å². The van der Waals surface area contributed by atoms with Gasteiger partial charge in [-0.3, -0.25) is 0 Å². The number of nitrogens with zero attached hydrogens (tertiary/aromatic N) is 1. The van der Waals surface area contributed by atoms with Gasteiger partial charge in [0, 0.05) is 17.9 Å². The summed E-state index contributed by atoms with van der Waals surface area (Å²) in [7, 11) is 1.25. The van der Waals surface area contributed by atoms with Crippen LogP contribution < -0.4 is 0 Å². The molecular formula is C15H14ClNO3. The highest BCUT2D eigenvalue weighted by molar-refractivity contribution is 6.30. The second kappa shape index (κ2) is 5.56. The first-order chi connectivity index (χ1) is 9.52. The van der Waals surface area contributed by atoms with Gasteiger partial charge in [0.1, 0.15) is 5.76 Å². The minimum absolute atomic E-state index is 0.00440. The van der Waals surface area contributed by atoms with Crippen molar-refractivity contribution >= 4 is 17.6 Å². The summed E-state index contributed by atoms with van der Waals surface area (Å²) in [5, 5.41) is 20.0. The van der Waals surface area contributed by atoms with Crippen LogP contribution in [0.4, 0.5) is 0 Å². The highest BCUT2D eigenvalue weighted by Crippen LogP contribution is 2.41. The summed E-state index contributed by atoms with van der Waals surface area (Å²) >= 11 is 5.98. The molecule has 1 aromatic rings. The summed E-state index contributed by atoms with van der Waals surface area (Å²) in [4.78, 5) is 11.7. The van der Waals surface area contributed by atoms with Crippen molar-refractivity contribution in [3.05, 3.63) is 46.2 Å². The predicted molar refractivity (Wildman–Crippen MR) is 74.3 cm³/mol. The van der Waals surface area contributed by atoms with Crippen LogP contribution in [0.15, 0.2) is 35.6 Å². The number of hydrogen-bond acceptors (Lipinski definition) is 4. The molecule has 0 aromatic heterocycles. The lowest BCUT2D eigenvalue weighted by atomic mass is 9.70. The van der Waals surface area contributed by atoms with E-state index in [1.54, 1.807) is 18.2 Å². The van der Waals surface area contributed by atoms with Gasteiger partial charge in [-0.25, -0.2) is 4.79 Å². The number of rotatable bonds is 2. The van der Waals surface area contributed by atoms with Gasteiger partial charge >= 0.3 is 5.97 Å². The molecule has 4 nitrogen and oxygen atoms in total.